The Morgan fingerprint density at radius 3 is 2.96 bits per heavy atom. The van der Waals surface area contributed by atoms with Gasteiger partial charge >= 0.3 is 0 Å². The minimum atomic E-state index is 0.0185. The van der Waals surface area contributed by atoms with Crippen molar-refractivity contribution in [3.8, 4) is 0 Å². The molecule has 1 aliphatic heterocycles. The van der Waals surface area contributed by atoms with E-state index < -0.39 is 0 Å². The Morgan fingerprint density at radius 2 is 2.19 bits per heavy atom. The molecule has 0 unspecified atom stereocenters. The lowest BCUT2D eigenvalue weighted by Crippen LogP contribution is -2.37. The van der Waals surface area contributed by atoms with E-state index in [0.717, 1.165) is 29.8 Å². The molecule has 3 atom stereocenters. The van der Waals surface area contributed by atoms with Gasteiger partial charge in [0.25, 0.3) is 5.91 Å². The van der Waals surface area contributed by atoms with Crippen LogP contribution in [0, 0.1) is 11.8 Å². The molecule has 2 bridgehead atoms. The molecular weight excluding hydrogens is 326 g/mol. The molecule has 2 fully saturated rings. The lowest BCUT2D eigenvalue weighted by molar-refractivity contribution is 0.0731. The van der Waals surface area contributed by atoms with Crippen LogP contribution in [0.5, 0.6) is 0 Å². The molecule has 3 heterocycles. The number of anilines is 1. The summed E-state index contributed by atoms with van der Waals surface area (Å²) in [6, 6.07) is 4.17. The zero-order chi connectivity index (χ0) is 17.5. The normalized spacial score (nSPS) is 26.6. The molecule has 3 aliphatic rings. The van der Waals surface area contributed by atoms with E-state index in [-0.39, 0.29) is 5.91 Å². The highest BCUT2D eigenvalue weighted by Gasteiger charge is 2.40. The highest BCUT2D eigenvalue weighted by molar-refractivity contribution is 5.94. The largest absolute Gasteiger partial charge is 0.367 e. The van der Waals surface area contributed by atoms with Gasteiger partial charge in [-0.15, -0.1) is 0 Å². The second kappa shape index (κ2) is 6.34. The van der Waals surface area contributed by atoms with Gasteiger partial charge in [0.2, 0.25) is 0 Å². The number of amides is 1. The van der Waals surface area contributed by atoms with E-state index in [1.165, 1.54) is 31.2 Å². The third-order valence-electron chi connectivity index (χ3n) is 6.26. The number of pyridine rings is 1. The summed E-state index contributed by atoms with van der Waals surface area (Å²) >= 11 is 0. The van der Waals surface area contributed by atoms with Gasteiger partial charge in [-0.3, -0.25) is 9.78 Å². The standard InChI is InChI=1S/C20H23N5O/c26-20(15-2-1-6-21-10-15)25-7-5-16-18(11-25)22-12-23-19(16)24-17-9-13-3-4-14(17)8-13/h1-2,6,10,12-14,17H,3-5,7-9,11H2,(H,22,23,24)/t13-,14+,17+/m0/s1. The third kappa shape index (κ3) is 2.73. The molecule has 0 radical (unpaired) electrons. The number of hydrogen-bond donors (Lipinski definition) is 1. The van der Waals surface area contributed by atoms with Crippen molar-refractivity contribution < 1.29 is 4.79 Å². The zero-order valence-corrected chi connectivity index (χ0v) is 14.8. The molecule has 6 heteroatoms. The molecule has 1 amide bonds. The molecule has 5 rings (SSSR count). The van der Waals surface area contributed by atoms with E-state index in [2.05, 4.69) is 20.3 Å². The molecule has 2 aromatic heterocycles. The van der Waals surface area contributed by atoms with E-state index in [9.17, 15) is 4.79 Å². The number of nitrogens with one attached hydrogen (secondary N) is 1. The molecule has 0 aromatic carbocycles. The van der Waals surface area contributed by atoms with E-state index in [1.54, 1.807) is 24.8 Å². The minimum absolute atomic E-state index is 0.0185. The summed E-state index contributed by atoms with van der Waals surface area (Å²) in [6.07, 6.45) is 11.1. The number of fused-ring (bicyclic) bond motifs is 3. The van der Waals surface area contributed by atoms with Crippen LogP contribution in [0.15, 0.2) is 30.9 Å². The van der Waals surface area contributed by atoms with Gasteiger partial charge in [-0.05, 0) is 49.7 Å². The van der Waals surface area contributed by atoms with Crippen LogP contribution in [0.25, 0.3) is 0 Å². The molecule has 26 heavy (non-hydrogen) atoms. The van der Waals surface area contributed by atoms with Gasteiger partial charge in [-0.25, -0.2) is 9.97 Å². The molecule has 1 N–H and O–H groups in total. The van der Waals surface area contributed by atoms with Gasteiger partial charge in [-0.2, -0.15) is 0 Å². The maximum absolute atomic E-state index is 12.7. The maximum atomic E-state index is 12.7. The van der Waals surface area contributed by atoms with Gasteiger partial charge in [0.05, 0.1) is 17.8 Å². The number of rotatable bonds is 3. The van der Waals surface area contributed by atoms with Crippen LogP contribution in [-0.2, 0) is 13.0 Å². The van der Waals surface area contributed by atoms with Crippen molar-refractivity contribution >= 4 is 11.7 Å². The van der Waals surface area contributed by atoms with Crippen molar-refractivity contribution in [2.75, 3.05) is 11.9 Å². The molecule has 6 nitrogen and oxygen atoms in total. The van der Waals surface area contributed by atoms with Gasteiger partial charge < -0.3 is 10.2 Å². The first-order valence-electron chi connectivity index (χ1n) is 9.56. The Labute approximate surface area is 153 Å². The highest BCUT2D eigenvalue weighted by atomic mass is 16.2. The fraction of sp³-hybridized carbons (Fsp3) is 0.500. The van der Waals surface area contributed by atoms with Gasteiger partial charge in [0.15, 0.2) is 0 Å². The smallest absolute Gasteiger partial charge is 0.255 e. The second-order valence-electron chi connectivity index (χ2n) is 7.79. The Kier molecular flexibility index (Phi) is 3.84. The predicted octanol–water partition coefficient (Wildman–Crippen LogP) is 2.67. The first kappa shape index (κ1) is 15.7. The Morgan fingerprint density at radius 1 is 1.23 bits per heavy atom. The first-order valence-corrected chi connectivity index (χ1v) is 9.56. The lowest BCUT2D eigenvalue weighted by atomic mass is 9.95. The average Bonchev–Trinajstić information content (AvgIpc) is 3.31. The fourth-order valence-corrected chi connectivity index (χ4v) is 4.92. The van der Waals surface area contributed by atoms with Crippen molar-refractivity contribution in [2.45, 2.75) is 44.7 Å². The van der Waals surface area contributed by atoms with Gasteiger partial charge in [-0.1, -0.05) is 6.42 Å². The summed E-state index contributed by atoms with van der Waals surface area (Å²) < 4.78 is 0. The number of carbonyl (C=O) groups is 1. The summed E-state index contributed by atoms with van der Waals surface area (Å²) in [6.45, 7) is 1.23. The van der Waals surface area contributed by atoms with E-state index in [1.807, 2.05) is 11.0 Å². The fourth-order valence-electron chi connectivity index (χ4n) is 4.92. The van der Waals surface area contributed by atoms with Crippen molar-refractivity contribution in [3.05, 3.63) is 47.7 Å². The predicted molar refractivity (Wildman–Crippen MR) is 97.6 cm³/mol. The van der Waals surface area contributed by atoms with Crippen LogP contribution in [0.4, 0.5) is 5.82 Å². The molecule has 2 saturated carbocycles. The molecule has 0 spiro atoms. The lowest BCUT2D eigenvalue weighted by Gasteiger charge is -2.30. The molecule has 0 saturated heterocycles. The number of nitrogens with zero attached hydrogens (tertiary/aromatic N) is 4. The van der Waals surface area contributed by atoms with Crippen LogP contribution >= 0.6 is 0 Å². The molecule has 2 aliphatic carbocycles. The Hall–Kier alpha value is -2.50. The topological polar surface area (TPSA) is 71.0 Å². The Bertz CT molecular complexity index is 824. The van der Waals surface area contributed by atoms with E-state index in [4.69, 9.17) is 0 Å². The van der Waals surface area contributed by atoms with Crippen LogP contribution in [0.3, 0.4) is 0 Å². The zero-order valence-electron chi connectivity index (χ0n) is 14.8. The summed E-state index contributed by atoms with van der Waals surface area (Å²) in [5.74, 6) is 2.71. The number of aromatic nitrogens is 3. The van der Waals surface area contributed by atoms with E-state index >= 15 is 0 Å². The number of hydrogen-bond acceptors (Lipinski definition) is 5. The van der Waals surface area contributed by atoms with Gasteiger partial charge in [0, 0.05) is 30.5 Å². The van der Waals surface area contributed by atoms with Crippen molar-refractivity contribution in [1.29, 1.82) is 0 Å². The van der Waals surface area contributed by atoms with Crippen LogP contribution < -0.4 is 5.32 Å². The summed E-state index contributed by atoms with van der Waals surface area (Å²) in [4.78, 5) is 27.6. The average molecular weight is 349 g/mol. The van der Waals surface area contributed by atoms with Crippen LogP contribution in [0.2, 0.25) is 0 Å². The first-order chi connectivity index (χ1) is 12.8. The summed E-state index contributed by atoms with van der Waals surface area (Å²) in [7, 11) is 0. The third-order valence-corrected chi connectivity index (χ3v) is 6.26. The molecule has 2 aromatic rings. The maximum Gasteiger partial charge on any atom is 0.255 e. The van der Waals surface area contributed by atoms with Crippen molar-refractivity contribution in [3.63, 3.8) is 0 Å². The molecular formula is C20H23N5O. The minimum Gasteiger partial charge on any atom is -0.367 e. The monoisotopic (exact) mass is 349 g/mol. The molecule has 134 valence electrons. The quantitative estimate of drug-likeness (QED) is 0.922. The van der Waals surface area contributed by atoms with Crippen molar-refractivity contribution in [2.24, 2.45) is 11.8 Å². The van der Waals surface area contributed by atoms with Crippen molar-refractivity contribution in [1.82, 2.24) is 19.9 Å². The summed E-state index contributed by atoms with van der Waals surface area (Å²) in [5.41, 5.74) is 2.78. The van der Waals surface area contributed by atoms with E-state index in [0.29, 0.717) is 24.7 Å². The highest BCUT2D eigenvalue weighted by Crippen LogP contribution is 2.45. The Balaban J connectivity index is 1.34. The van der Waals surface area contributed by atoms with Gasteiger partial charge in [0.1, 0.15) is 12.1 Å². The SMILES string of the molecule is O=C(c1cccnc1)N1CCc2c(ncnc2N[C@@H]2C[C@H]3CC[C@@H]2C3)C1. The summed E-state index contributed by atoms with van der Waals surface area (Å²) in [5, 5.41) is 3.71. The second-order valence-corrected chi connectivity index (χ2v) is 7.79. The number of carbonyl (C=O) groups excluding carboxylic acids is 1. The van der Waals surface area contributed by atoms with Crippen LogP contribution in [-0.4, -0.2) is 38.3 Å². The van der Waals surface area contributed by atoms with Crippen LogP contribution in [0.1, 0.15) is 47.3 Å².